The summed E-state index contributed by atoms with van der Waals surface area (Å²) >= 11 is 2.40. The number of aromatic nitrogens is 1. The summed E-state index contributed by atoms with van der Waals surface area (Å²) in [4.78, 5) is 43.3. The molecule has 3 heterocycles. The minimum absolute atomic E-state index is 0.0989. The van der Waals surface area contributed by atoms with Crippen molar-refractivity contribution in [2.75, 3.05) is 12.0 Å². The molecule has 0 spiro atoms. The number of Topliss-reactive ketones (excluding diaryl/α,β-unsaturated/α-hetero) is 1. The van der Waals surface area contributed by atoms with Gasteiger partial charge in [-0.2, -0.15) is 0 Å². The maximum Gasteiger partial charge on any atom is 0.296 e. The van der Waals surface area contributed by atoms with E-state index in [9.17, 15) is 24.8 Å². The molecule has 1 N–H and O–H groups in total. The molecule has 0 radical (unpaired) electrons. The monoisotopic (exact) mass is 493 g/mol. The molecule has 9 nitrogen and oxygen atoms in total. The van der Waals surface area contributed by atoms with Crippen LogP contribution in [0.1, 0.15) is 21.3 Å². The Morgan fingerprint density at radius 2 is 1.97 bits per heavy atom. The van der Waals surface area contributed by atoms with Crippen LogP contribution in [-0.2, 0) is 4.79 Å². The number of hydrogen-bond donors (Lipinski definition) is 1. The summed E-state index contributed by atoms with van der Waals surface area (Å²) in [5.74, 6) is -1.31. The molecule has 0 saturated carbocycles. The van der Waals surface area contributed by atoms with Gasteiger partial charge in [0, 0.05) is 12.1 Å². The van der Waals surface area contributed by atoms with Gasteiger partial charge in [0.2, 0.25) is 5.78 Å². The first-order valence-electron chi connectivity index (χ1n) is 9.93. The number of ether oxygens (including phenoxy) is 1. The highest BCUT2D eigenvalue weighted by Gasteiger charge is 2.46. The standard InChI is InChI=1S/C23H15N3O6S2/c1-32-14-8-9-15-17(11-14)34-23(24-15)25-19(12-4-6-13(7-5-12)26(30)31)18(21(28)22(25)29)20(27)16-3-2-10-33-16/h2-11,19,28H,1H3. The van der Waals surface area contributed by atoms with Gasteiger partial charge in [-0.3, -0.25) is 24.6 Å². The van der Waals surface area contributed by atoms with E-state index in [2.05, 4.69) is 4.98 Å². The van der Waals surface area contributed by atoms with Crippen LogP contribution < -0.4 is 9.64 Å². The number of non-ortho nitro benzene ring substituents is 1. The number of thiazole rings is 1. The highest BCUT2D eigenvalue weighted by molar-refractivity contribution is 7.22. The second-order valence-corrected chi connectivity index (χ2v) is 9.28. The number of methoxy groups -OCH3 is 1. The molecular weight excluding hydrogens is 478 g/mol. The van der Waals surface area contributed by atoms with Gasteiger partial charge in [0.1, 0.15) is 5.75 Å². The van der Waals surface area contributed by atoms with Crippen molar-refractivity contribution in [2.45, 2.75) is 6.04 Å². The average molecular weight is 494 g/mol. The average Bonchev–Trinajstić information content (AvgIpc) is 3.57. The van der Waals surface area contributed by atoms with Crippen molar-refractivity contribution in [3.63, 3.8) is 0 Å². The van der Waals surface area contributed by atoms with E-state index in [1.807, 2.05) is 0 Å². The number of amides is 1. The fraction of sp³-hybridized carbons (Fsp3) is 0.0870. The Morgan fingerprint density at radius 1 is 1.21 bits per heavy atom. The van der Waals surface area contributed by atoms with E-state index in [4.69, 9.17) is 4.74 Å². The van der Waals surface area contributed by atoms with Crippen molar-refractivity contribution >= 4 is 55.4 Å². The number of nitrogens with zero attached hydrogens (tertiary/aromatic N) is 3. The van der Waals surface area contributed by atoms with Crippen molar-refractivity contribution in [3.8, 4) is 5.75 Å². The van der Waals surface area contributed by atoms with Crippen molar-refractivity contribution in [3.05, 3.63) is 91.9 Å². The number of benzene rings is 2. The van der Waals surface area contributed by atoms with E-state index in [1.165, 1.54) is 51.8 Å². The molecule has 1 atom stereocenters. The Balaban J connectivity index is 1.66. The third-order valence-corrected chi connectivity index (χ3v) is 7.29. The molecule has 34 heavy (non-hydrogen) atoms. The fourth-order valence-electron chi connectivity index (χ4n) is 3.79. The minimum atomic E-state index is -1.01. The van der Waals surface area contributed by atoms with Gasteiger partial charge in [-0.1, -0.05) is 17.4 Å². The van der Waals surface area contributed by atoms with Gasteiger partial charge >= 0.3 is 0 Å². The number of rotatable bonds is 6. The molecule has 4 aromatic rings. The third-order valence-electron chi connectivity index (χ3n) is 5.41. The van der Waals surface area contributed by atoms with Crippen LogP contribution in [0, 0.1) is 10.1 Å². The van der Waals surface area contributed by atoms with Crippen LogP contribution in [0.4, 0.5) is 10.8 Å². The molecule has 0 saturated heterocycles. The SMILES string of the molecule is COc1ccc2nc(N3C(=O)C(O)=C(C(=O)c4cccs4)C3c3ccc([N+](=O)[O-])cc3)sc2c1. The van der Waals surface area contributed by atoms with Gasteiger partial charge in [-0.15, -0.1) is 11.3 Å². The number of fused-ring (bicyclic) bond motifs is 1. The summed E-state index contributed by atoms with van der Waals surface area (Å²) in [6, 6.07) is 13.1. The first kappa shape index (κ1) is 21.7. The number of carbonyl (C=O) groups excluding carboxylic acids is 2. The van der Waals surface area contributed by atoms with E-state index < -0.39 is 28.4 Å². The number of nitro groups is 1. The number of carbonyl (C=O) groups is 2. The van der Waals surface area contributed by atoms with Crippen LogP contribution in [0.25, 0.3) is 10.2 Å². The van der Waals surface area contributed by atoms with Crippen LogP contribution in [0.5, 0.6) is 5.75 Å². The van der Waals surface area contributed by atoms with Crippen LogP contribution in [0.3, 0.4) is 0 Å². The third kappa shape index (κ3) is 3.51. The Kier molecular flexibility index (Phi) is 5.34. The van der Waals surface area contributed by atoms with E-state index in [0.717, 1.165) is 4.70 Å². The number of hydrogen-bond acceptors (Lipinski definition) is 9. The van der Waals surface area contributed by atoms with Crippen LogP contribution in [-0.4, -0.2) is 33.8 Å². The number of aliphatic hydroxyl groups excluding tert-OH is 1. The van der Waals surface area contributed by atoms with Crippen molar-refractivity contribution in [2.24, 2.45) is 0 Å². The molecule has 1 amide bonds. The molecule has 0 bridgehead atoms. The number of ketones is 1. The Labute approximate surface area is 200 Å². The molecule has 1 aliphatic heterocycles. The smallest absolute Gasteiger partial charge is 0.296 e. The lowest BCUT2D eigenvalue weighted by Crippen LogP contribution is -2.30. The first-order chi connectivity index (χ1) is 16.4. The van der Waals surface area contributed by atoms with Gasteiger partial charge in [0.05, 0.1) is 38.7 Å². The summed E-state index contributed by atoms with van der Waals surface area (Å²) in [6.45, 7) is 0. The van der Waals surface area contributed by atoms with Crippen LogP contribution in [0.15, 0.2) is 71.3 Å². The number of nitro benzene ring substituents is 1. The summed E-state index contributed by atoms with van der Waals surface area (Å²) < 4.78 is 6.01. The predicted octanol–water partition coefficient (Wildman–Crippen LogP) is 5.06. The molecule has 11 heteroatoms. The molecule has 1 unspecified atom stereocenters. The number of anilines is 1. The van der Waals surface area contributed by atoms with Gasteiger partial charge in [-0.05, 0) is 47.3 Å². The van der Waals surface area contributed by atoms with Gasteiger partial charge < -0.3 is 9.84 Å². The lowest BCUT2D eigenvalue weighted by molar-refractivity contribution is -0.384. The lowest BCUT2D eigenvalue weighted by atomic mass is 9.95. The van der Waals surface area contributed by atoms with Crippen molar-refractivity contribution < 1.29 is 24.4 Å². The summed E-state index contributed by atoms with van der Waals surface area (Å²) in [6.07, 6.45) is 0. The van der Waals surface area contributed by atoms with Crippen molar-refractivity contribution in [1.29, 1.82) is 0 Å². The van der Waals surface area contributed by atoms with E-state index in [-0.39, 0.29) is 16.4 Å². The van der Waals surface area contributed by atoms with Gasteiger partial charge in [0.25, 0.3) is 11.6 Å². The second-order valence-electron chi connectivity index (χ2n) is 7.33. The first-order valence-corrected chi connectivity index (χ1v) is 11.6. The topological polar surface area (TPSA) is 123 Å². The molecular formula is C23H15N3O6S2. The zero-order chi connectivity index (χ0) is 24.0. The molecule has 170 valence electrons. The molecule has 2 aromatic heterocycles. The Bertz CT molecular complexity index is 1470. The molecule has 2 aromatic carbocycles. The fourth-order valence-corrected chi connectivity index (χ4v) is 5.49. The zero-order valence-electron chi connectivity index (χ0n) is 17.5. The lowest BCUT2D eigenvalue weighted by Gasteiger charge is -2.24. The highest BCUT2D eigenvalue weighted by atomic mass is 32.1. The predicted molar refractivity (Wildman–Crippen MR) is 128 cm³/mol. The molecule has 5 rings (SSSR count). The van der Waals surface area contributed by atoms with Gasteiger partial charge in [-0.25, -0.2) is 4.98 Å². The van der Waals surface area contributed by atoms with Crippen LogP contribution in [0.2, 0.25) is 0 Å². The maximum absolute atomic E-state index is 13.3. The van der Waals surface area contributed by atoms with E-state index in [1.54, 1.807) is 42.8 Å². The second kappa shape index (κ2) is 8.36. The summed E-state index contributed by atoms with van der Waals surface area (Å²) in [7, 11) is 1.54. The summed E-state index contributed by atoms with van der Waals surface area (Å²) in [5.41, 5.74) is 0.817. The maximum atomic E-state index is 13.3. The highest BCUT2D eigenvalue weighted by Crippen LogP contribution is 2.45. The largest absolute Gasteiger partial charge is 0.503 e. The normalized spacial score (nSPS) is 15.9. The van der Waals surface area contributed by atoms with Crippen LogP contribution >= 0.6 is 22.7 Å². The minimum Gasteiger partial charge on any atom is -0.503 e. The summed E-state index contributed by atoms with van der Waals surface area (Å²) in [5, 5.41) is 23.9. The quantitative estimate of drug-likeness (QED) is 0.226. The van der Waals surface area contributed by atoms with Gasteiger partial charge in [0.15, 0.2) is 10.9 Å². The number of aliphatic hydroxyl groups is 1. The van der Waals surface area contributed by atoms with E-state index >= 15 is 0 Å². The molecule has 0 aliphatic carbocycles. The Morgan fingerprint density at radius 3 is 2.62 bits per heavy atom. The Hall–Kier alpha value is -4.09. The van der Waals surface area contributed by atoms with E-state index in [0.29, 0.717) is 21.7 Å². The molecule has 0 fully saturated rings. The van der Waals surface area contributed by atoms with Crippen molar-refractivity contribution in [1.82, 2.24) is 4.98 Å². The zero-order valence-corrected chi connectivity index (χ0v) is 19.1. The number of thiophene rings is 1. The molecule has 1 aliphatic rings.